The molecular formula is C9H13ClO2S. The first-order valence-corrected chi connectivity index (χ1v) is 5.39. The Hall–Kier alpha value is -0.0900. The summed E-state index contributed by atoms with van der Waals surface area (Å²) < 4.78 is 0.765. The molecule has 2 N–H and O–H groups in total. The summed E-state index contributed by atoms with van der Waals surface area (Å²) in [6.07, 6.45) is 0.0501. The van der Waals surface area contributed by atoms with Gasteiger partial charge in [-0.25, -0.2) is 0 Å². The highest BCUT2D eigenvalue weighted by molar-refractivity contribution is 7.16. The van der Waals surface area contributed by atoms with Crippen molar-refractivity contribution in [2.24, 2.45) is 0 Å². The zero-order valence-corrected chi connectivity index (χ0v) is 8.98. The van der Waals surface area contributed by atoms with Gasteiger partial charge in [-0.05, 0) is 31.9 Å². The van der Waals surface area contributed by atoms with E-state index in [1.165, 1.54) is 11.3 Å². The van der Waals surface area contributed by atoms with Gasteiger partial charge in [0.15, 0.2) is 0 Å². The second-order valence-electron chi connectivity index (χ2n) is 3.05. The number of thiophene rings is 1. The average Bonchev–Trinajstić information content (AvgIpc) is 2.47. The van der Waals surface area contributed by atoms with Crippen LogP contribution in [0.5, 0.6) is 0 Å². The lowest BCUT2D eigenvalue weighted by Crippen LogP contribution is -2.22. The largest absolute Gasteiger partial charge is 0.391 e. The number of hydrogen-bond donors (Lipinski definition) is 2. The second-order valence-corrected chi connectivity index (χ2v) is 4.85. The van der Waals surface area contributed by atoms with Gasteiger partial charge >= 0.3 is 0 Å². The first-order chi connectivity index (χ1) is 6.09. The number of aliphatic hydroxyl groups excluding tert-OH is 2. The molecule has 4 heteroatoms. The lowest BCUT2D eigenvalue weighted by molar-refractivity contribution is 0.0266. The van der Waals surface area contributed by atoms with Crippen molar-refractivity contribution in [1.29, 1.82) is 0 Å². The fraction of sp³-hybridized carbons (Fsp3) is 0.556. The molecule has 0 bridgehead atoms. The van der Waals surface area contributed by atoms with Crippen LogP contribution in [0.2, 0.25) is 4.34 Å². The fourth-order valence-corrected chi connectivity index (χ4v) is 2.12. The van der Waals surface area contributed by atoms with E-state index in [-0.39, 0.29) is 0 Å². The molecule has 0 fully saturated rings. The Morgan fingerprint density at radius 1 is 1.46 bits per heavy atom. The molecule has 0 saturated carbocycles. The van der Waals surface area contributed by atoms with Crippen molar-refractivity contribution < 1.29 is 10.2 Å². The summed E-state index contributed by atoms with van der Waals surface area (Å²) in [5, 5.41) is 18.3. The van der Waals surface area contributed by atoms with Gasteiger partial charge in [0.1, 0.15) is 0 Å². The fourth-order valence-electron chi connectivity index (χ4n) is 1.02. The molecule has 0 radical (unpaired) electrons. The van der Waals surface area contributed by atoms with Crippen molar-refractivity contribution in [2.45, 2.75) is 32.0 Å². The van der Waals surface area contributed by atoms with Crippen LogP contribution >= 0.6 is 22.9 Å². The maximum atomic E-state index is 9.32. The van der Waals surface area contributed by atoms with Crippen molar-refractivity contribution in [3.63, 3.8) is 0 Å². The van der Waals surface area contributed by atoms with Gasteiger partial charge in [-0.2, -0.15) is 0 Å². The van der Waals surface area contributed by atoms with E-state index in [4.69, 9.17) is 16.7 Å². The van der Waals surface area contributed by atoms with Crippen LogP contribution in [0.15, 0.2) is 12.1 Å². The predicted molar refractivity (Wildman–Crippen MR) is 55.3 cm³/mol. The van der Waals surface area contributed by atoms with Gasteiger partial charge in [0.2, 0.25) is 0 Å². The third kappa shape index (κ3) is 3.65. The molecule has 0 amide bonds. The van der Waals surface area contributed by atoms with E-state index in [9.17, 15) is 5.11 Å². The predicted octanol–water partition coefficient (Wildman–Crippen LogP) is 2.08. The van der Waals surface area contributed by atoms with Crippen LogP contribution in [0.3, 0.4) is 0 Å². The Balaban J connectivity index is 2.35. The normalized spacial score (nSPS) is 15.7. The molecule has 0 saturated heterocycles. The number of aliphatic hydroxyl groups is 2. The molecule has 74 valence electrons. The lowest BCUT2D eigenvalue weighted by atomic mass is 10.1. The van der Waals surface area contributed by atoms with Crippen LogP contribution in [-0.2, 0) is 6.42 Å². The van der Waals surface area contributed by atoms with E-state index in [1.807, 2.05) is 12.1 Å². The summed E-state index contributed by atoms with van der Waals surface area (Å²) in [5.41, 5.74) is 0. The van der Waals surface area contributed by atoms with Crippen molar-refractivity contribution in [1.82, 2.24) is 0 Å². The monoisotopic (exact) mass is 220 g/mol. The maximum absolute atomic E-state index is 9.32. The highest BCUT2D eigenvalue weighted by Crippen LogP contribution is 2.23. The number of halogens is 1. The highest BCUT2D eigenvalue weighted by atomic mass is 35.5. The average molecular weight is 221 g/mol. The van der Waals surface area contributed by atoms with Gasteiger partial charge in [0, 0.05) is 4.88 Å². The van der Waals surface area contributed by atoms with E-state index >= 15 is 0 Å². The van der Waals surface area contributed by atoms with Crippen LogP contribution in [0.25, 0.3) is 0 Å². The molecule has 2 atom stereocenters. The van der Waals surface area contributed by atoms with Crippen molar-refractivity contribution >= 4 is 22.9 Å². The third-order valence-electron chi connectivity index (χ3n) is 1.87. The Bertz CT molecular complexity index is 260. The summed E-state index contributed by atoms with van der Waals surface area (Å²) in [6.45, 7) is 1.59. The minimum atomic E-state index is -0.657. The zero-order valence-electron chi connectivity index (χ0n) is 7.40. The Morgan fingerprint density at radius 2 is 2.15 bits per heavy atom. The molecular weight excluding hydrogens is 208 g/mol. The van der Waals surface area contributed by atoms with Crippen LogP contribution in [0.4, 0.5) is 0 Å². The zero-order chi connectivity index (χ0) is 9.84. The smallest absolute Gasteiger partial charge is 0.0931 e. The second kappa shape index (κ2) is 4.96. The molecule has 1 heterocycles. The van der Waals surface area contributed by atoms with Crippen LogP contribution in [0, 0.1) is 0 Å². The molecule has 1 aromatic heterocycles. The Kier molecular flexibility index (Phi) is 4.19. The van der Waals surface area contributed by atoms with Crippen LogP contribution in [0.1, 0.15) is 18.2 Å². The number of hydrogen-bond acceptors (Lipinski definition) is 3. The van der Waals surface area contributed by atoms with E-state index in [0.29, 0.717) is 6.42 Å². The van der Waals surface area contributed by atoms with Crippen molar-refractivity contribution in [3.05, 3.63) is 21.3 Å². The molecule has 0 aromatic carbocycles. The van der Waals surface area contributed by atoms with Gasteiger partial charge in [-0.15, -0.1) is 11.3 Å². The lowest BCUT2D eigenvalue weighted by Gasteiger charge is -2.11. The maximum Gasteiger partial charge on any atom is 0.0931 e. The van der Waals surface area contributed by atoms with E-state index in [1.54, 1.807) is 6.92 Å². The standard InChI is InChI=1S/C9H13ClO2S/c1-6(11)8(12)4-2-7-3-5-9(10)13-7/h3,5-6,8,11-12H,2,4H2,1H3. The van der Waals surface area contributed by atoms with Gasteiger partial charge in [-0.1, -0.05) is 11.6 Å². The van der Waals surface area contributed by atoms with E-state index < -0.39 is 12.2 Å². The van der Waals surface area contributed by atoms with Crippen LogP contribution in [-0.4, -0.2) is 22.4 Å². The Labute approximate surface area is 86.8 Å². The molecule has 2 nitrogen and oxygen atoms in total. The molecule has 1 aromatic rings. The summed E-state index contributed by atoms with van der Waals surface area (Å²) in [7, 11) is 0. The van der Waals surface area contributed by atoms with Crippen molar-refractivity contribution in [2.75, 3.05) is 0 Å². The summed E-state index contributed by atoms with van der Waals surface area (Å²) in [4.78, 5) is 1.14. The van der Waals surface area contributed by atoms with E-state index in [2.05, 4.69) is 0 Å². The van der Waals surface area contributed by atoms with Gasteiger partial charge in [-0.3, -0.25) is 0 Å². The van der Waals surface area contributed by atoms with Crippen molar-refractivity contribution in [3.8, 4) is 0 Å². The minimum Gasteiger partial charge on any atom is -0.391 e. The molecule has 0 aliphatic heterocycles. The Morgan fingerprint density at radius 3 is 2.62 bits per heavy atom. The van der Waals surface area contributed by atoms with E-state index in [0.717, 1.165) is 15.6 Å². The number of rotatable bonds is 4. The summed E-state index contributed by atoms with van der Waals surface area (Å²) in [6, 6.07) is 3.79. The SMILES string of the molecule is CC(O)C(O)CCc1ccc(Cl)s1. The van der Waals surface area contributed by atoms with Gasteiger partial charge < -0.3 is 10.2 Å². The molecule has 0 aliphatic rings. The molecule has 1 rings (SSSR count). The first kappa shape index (κ1) is 11.0. The molecule has 2 unspecified atom stereocenters. The first-order valence-electron chi connectivity index (χ1n) is 4.20. The van der Waals surface area contributed by atoms with Gasteiger partial charge in [0.05, 0.1) is 16.5 Å². The quantitative estimate of drug-likeness (QED) is 0.816. The topological polar surface area (TPSA) is 40.5 Å². The van der Waals surface area contributed by atoms with Crippen LogP contribution < -0.4 is 0 Å². The third-order valence-corrected chi connectivity index (χ3v) is 3.16. The molecule has 0 aliphatic carbocycles. The number of aryl methyl sites for hydroxylation is 1. The molecule has 13 heavy (non-hydrogen) atoms. The molecule has 0 spiro atoms. The summed E-state index contributed by atoms with van der Waals surface area (Å²) >= 11 is 7.26. The minimum absolute atomic E-state index is 0.578. The highest BCUT2D eigenvalue weighted by Gasteiger charge is 2.10. The summed E-state index contributed by atoms with van der Waals surface area (Å²) in [5.74, 6) is 0. The van der Waals surface area contributed by atoms with Gasteiger partial charge in [0.25, 0.3) is 0 Å².